The number of hydrogen-bond acceptors (Lipinski definition) is 6. The van der Waals surface area contributed by atoms with Crippen molar-refractivity contribution >= 4 is 46.4 Å². The van der Waals surface area contributed by atoms with Gasteiger partial charge in [0.1, 0.15) is 5.76 Å². The molecule has 0 aliphatic carbocycles. The molecule has 0 aliphatic heterocycles. The summed E-state index contributed by atoms with van der Waals surface area (Å²) in [4.78, 5) is 25.4. The van der Waals surface area contributed by atoms with Gasteiger partial charge in [0, 0.05) is 16.6 Å². The molecule has 0 unspecified atom stereocenters. The van der Waals surface area contributed by atoms with E-state index in [-0.39, 0.29) is 17.6 Å². The zero-order valence-corrected chi connectivity index (χ0v) is 14.9. The molecule has 2 heterocycles. The van der Waals surface area contributed by atoms with E-state index in [1.807, 2.05) is 35.7 Å². The highest BCUT2D eigenvalue weighted by Crippen LogP contribution is 2.21. The minimum Gasteiger partial charge on any atom is -0.360 e. The highest BCUT2D eigenvalue weighted by molar-refractivity contribution is 8.00. The number of anilines is 2. The number of carbonyl (C=O) groups is 2. The van der Waals surface area contributed by atoms with Crippen LogP contribution in [0.2, 0.25) is 0 Å². The maximum atomic E-state index is 12.0. The van der Waals surface area contributed by atoms with Crippen LogP contribution in [0.25, 0.3) is 0 Å². The Hall–Kier alpha value is -2.58. The molecule has 0 aliphatic rings. The number of aryl methyl sites for hydroxylation is 1. The van der Waals surface area contributed by atoms with Crippen LogP contribution in [0.3, 0.4) is 0 Å². The van der Waals surface area contributed by atoms with Crippen molar-refractivity contribution in [2.24, 2.45) is 0 Å². The van der Waals surface area contributed by atoms with Gasteiger partial charge in [0.15, 0.2) is 5.82 Å². The summed E-state index contributed by atoms with van der Waals surface area (Å²) in [6, 6.07) is 12.6. The highest BCUT2D eigenvalue weighted by Gasteiger charge is 2.08. The molecule has 0 saturated carbocycles. The van der Waals surface area contributed by atoms with E-state index in [0.29, 0.717) is 22.1 Å². The van der Waals surface area contributed by atoms with Crippen molar-refractivity contribution in [1.82, 2.24) is 5.16 Å². The lowest BCUT2D eigenvalue weighted by Crippen LogP contribution is -2.14. The highest BCUT2D eigenvalue weighted by atomic mass is 32.2. The SMILES string of the molecule is Cc1cc(NC(=O)CSc2ccc(NC(=O)c3cccs3)cc2)no1. The van der Waals surface area contributed by atoms with Gasteiger partial charge in [-0.1, -0.05) is 11.2 Å². The molecule has 0 fully saturated rings. The molecule has 128 valence electrons. The van der Waals surface area contributed by atoms with Gasteiger partial charge in [-0.15, -0.1) is 23.1 Å². The van der Waals surface area contributed by atoms with Crippen LogP contribution in [-0.2, 0) is 4.79 Å². The first-order valence-corrected chi connectivity index (χ1v) is 9.27. The second-order valence-corrected chi connectivity index (χ2v) is 7.11. The van der Waals surface area contributed by atoms with E-state index in [9.17, 15) is 9.59 Å². The Kier molecular flexibility index (Phi) is 5.52. The van der Waals surface area contributed by atoms with Crippen LogP contribution >= 0.6 is 23.1 Å². The predicted molar refractivity (Wildman–Crippen MR) is 99.3 cm³/mol. The fraction of sp³-hybridized carbons (Fsp3) is 0.118. The summed E-state index contributed by atoms with van der Waals surface area (Å²) in [5.74, 6) is 1.02. The van der Waals surface area contributed by atoms with Crippen LogP contribution in [0, 0.1) is 6.92 Å². The van der Waals surface area contributed by atoms with Crippen LogP contribution in [0.1, 0.15) is 15.4 Å². The zero-order valence-electron chi connectivity index (χ0n) is 13.3. The van der Waals surface area contributed by atoms with Gasteiger partial charge in [0.2, 0.25) is 5.91 Å². The van der Waals surface area contributed by atoms with E-state index in [2.05, 4.69) is 15.8 Å². The Morgan fingerprint density at radius 2 is 2.00 bits per heavy atom. The average molecular weight is 373 g/mol. The second kappa shape index (κ2) is 8.00. The fourth-order valence-electron chi connectivity index (χ4n) is 1.99. The molecular formula is C17H15N3O3S2. The van der Waals surface area contributed by atoms with Crippen molar-refractivity contribution in [3.8, 4) is 0 Å². The van der Waals surface area contributed by atoms with Crippen molar-refractivity contribution in [1.29, 1.82) is 0 Å². The maximum Gasteiger partial charge on any atom is 0.265 e. The first kappa shape index (κ1) is 17.2. The van der Waals surface area contributed by atoms with E-state index >= 15 is 0 Å². The van der Waals surface area contributed by atoms with Crippen LogP contribution in [0.5, 0.6) is 0 Å². The number of carbonyl (C=O) groups excluding carboxylic acids is 2. The number of benzene rings is 1. The molecule has 0 spiro atoms. The van der Waals surface area contributed by atoms with Gasteiger partial charge in [-0.2, -0.15) is 0 Å². The van der Waals surface area contributed by atoms with Crippen LogP contribution in [-0.4, -0.2) is 22.7 Å². The van der Waals surface area contributed by atoms with Gasteiger partial charge >= 0.3 is 0 Å². The zero-order chi connectivity index (χ0) is 17.6. The van der Waals surface area contributed by atoms with Crippen LogP contribution in [0.4, 0.5) is 11.5 Å². The Morgan fingerprint density at radius 1 is 1.20 bits per heavy atom. The van der Waals surface area contributed by atoms with Gasteiger partial charge in [-0.05, 0) is 42.6 Å². The summed E-state index contributed by atoms with van der Waals surface area (Å²) in [6.07, 6.45) is 0. The smallest absolute Gasteiger partial charge is 0.265 e. The Balaban J connectivity index is 1.49. The van der Waals surface area contributed by atoms with Crippen LogP contribution in [0.15, 0.2) is 57.3 Å². The van der Waals surface area contributed by atoms with Crippen molar-refractivity contribution in [3.05, 3.63) is 58.5 Å². The second-order valence-electron chi connectivity index (χ2n) is 5.12. The number of aromatic nitrogens is 1. The third kappa shape index (κ3) is 4.94. The van der Waals surface area contributed by atoms with Gasteiger partial charge in [0.05, 0.1) is 10.6 Å². The van der Waals surface area contributed by atoms with Crippen molar-refractivity contribution < 1.29 is 14.1 Å². The number of amides is 2. The normalized spacial score (nSPS) is 10.4. The maximum absolute atomic E-state index is 12.0. The Labute approximate surface area is 152 Å². The molecule has 0 saturated heterocycles. The molecule has 1 aromatic carbocycles. The quantitative estimate of drug-likeness (QED) is 0.637. The van der Waals surface area contributed by atoms with Gasteiger partial charge in [0.25, 0.3) is 5.91 Å². The topological polar surface area (TPSA) is 84.2 Å². The molecule has 3 rings (SSSR count). The Morgan fingerprint density at radius 3 is 2.64 bits per heavy atom. The molecule has 0 bridgehead atoms. The number of hydrogen-bond donors (Lipinski definition) is 2. The molecule has 0 radical (unpaired) electrons. The van der Waals surface area contributed by atoms with E-state index in [1.165, 1.54) is 23.1 Å². The molecule has 2 N–H and O–H groups in total. The summed E-state index contributed by atoms with van der Waals surface area (Å²) >= 11 is 2.79. The lowest BCUT2D eigenvalue weighted by Gasteiger charge is -2.05. The number of rotatable bonds is 6. The Bertz CT molecular complexity index is 858. The standard InChI is InChI=1S/C17H15N3O3S2/c1-11-9-15(20-23-11)19-16(21)10-25-13-6-4-12(5-7-13)18-17(22)14-3-2-8-24-14/h2-9H,10H2,1H3,(H,18,22)(H,19,20,21). The van der Waals surface area contributed by atoms with Gasteiger partial charge in [-0.3, -0.25) is 9.59 Å². The molecule has 3 aromatic rings. The molecule has 6 nitrogen and oxygen atoms in total. The molecule has 0 atom stereocenters. The van der Waals surface area contributed by atoms with E-state index in [4.69, 9.17) is 4.52 Å². The van der Waals surface area contributed by atoms with Crippen molar-refractivity contribution in [2.45, 2.75) is 11.8 Å². The summed E-state index contributed by atoms with van der Waals surface area (Å²) in [6.45, 7) is 1.76. The lowest BCUT2D eigenvalue weighted by molar-refractivity contribution is -0.113. The van der Waals surface area contributed by atoms with Crippen LogP contribution < -0.4 is 10.6 Å². The largest absolute Gasteiger partial charge is 0.360 e. The summed E-state index contributed by atoms with van der Waals surface area (Å²) in [5.41, 5.74) is 0.713. The molecule has 25 heavy (non-hydrogen) atoms. The molecule has 2 aromatic heterocycles. The summed E-state index contributed by atoms with van der Waals surface area (Å²) < 4.78 is 4.89. The predicted octanol–water partition coefficient (Wildman–Crippen LogP) is 4.03. The van der Waals surface area contributed by atoms with E-state index in [1.54, 1.807) is 19.1 Å². The minimum absolute atomic E-state index is 0.127. The van der Waals surface area contributed by atoms with E-state index < -0.39 is 0 Å². The number of nitrogens with one attached hydrogen (secondary N) is 2. The first-order chi connectivity index (χ1) is 12.1. The third-order valence-corrected chi connectivity index (χ3v) is 5.00. The summed E-state index contributed by atoms with van der Waals surface area (Å²) in [5, 5.41) is 11.1. The minimum atomic E-state index is -0.159. The fourth-order valence-corrected chi connectivity index (χ4v) is 3.31. The molecule has 8 heteroatoms. The monoisotopic (exact) mass is 373 g/mol. The van der Waals surface area contributed by atoms with Gasteiger partial charge in [-0.25, -0.2) is 0 Å². The third-order valence-electron chi connectivity index (χ3n) is 3.12. The first-order valence-electron chi connectivity index (χ1n) is 7.41. The molecular weight excluding hydrogens is 358 g/mol. The summed E-state index contributed by atoms with van der Waals surface area (Å²) in [7, 11) is 0. The number of nitrogens with zero attached hydrogens (tertiary/aromatic N) is 1. The number of thioether (sulfide) groups is 1. The van der Waals surface area contributed by atoms with E-state index in [0.717, 1.165) is 4.90 Å². The van der Waals surface area contributed by atoms with Crippen molar-refractivity contribution in [3.63, 3.8) is 0 Å². The van der Waals surface area contributed by atoms with Gasteiger partial charge < -0.3 is 15.2 Å². The molecule has 2 amide bonds. The average Bonchev–Trinajstić information content (AvgIpc) is 3.26. The van der Waals surface area contributed by atoms with Crippen molar-refractivity contribution in [2.75, 3.05) is 16.4 Å². The lowest BCUT2D eigenvalue weighted by atomic mass is 10.3. The number of thiophene rings is 1.